The highest BCUT2D eigenvalue weighted by atomic mass is 16.3. The van der Waals surface area contributed by atoms with Gasteiger partial charge in [0.2, 0.25) is 11.8 Å². The average Bonchev–Trinajstić information content (AvgIpc) is 2.62. The lowest BCUT2D eigenvalue weighted by molar-refractivity contribution is -0.123. The van der Waals surface area contributed by atoms with E-state index in [0.717, 1.165) is 25.7 Å². The van der Waals surface area contributed by atoms with Crippen LogP contribution >= 0.6 is 0 Å². The zero-order valence-electron chi connectivity index (χ0n) is 13.4. The second kappa shape index (κ2) is 9.77. The van der Waals surface area contributed by atoms with Crippen LogP contribution in [0.5, 0.6) is 0 Å². The van der Waals surface area contributed by atoms with Crippen LogP contribution < -0.4 is 10.6 Å². The monoisotopic (exact) mass is 298 g/mol. The van der Waals surface area contributed by atoms with Crippen LogP contribution in [0.15, 0.2) is 0 Å². The summed E-state index contributed by atoms with van der Waals surface area (Å²) >= 11 is 0. The van der Waals surface area contributed by atoms with Crippen LogP contribution in [0, 0.1) is 5.92 Å². The Morgan fingerprint density at radius 2 is 1.76 bits per heavy atom. The lowest BCUT2D eigenvalue weighted by atomic mass is 9.95. The number of nitrogens with one attached hydrogen (secondary N) is 2. The van der Waals surface area contributed by atoms with Crippen LogP contribution in [0.2, 0.25) is 0 Å². The number of hydrogen-bond acceptors (Lipinski definition) is 3. The van der Waals surface area contributed by atoms with Crippen molar-refractivity contribution in [2.75, 3.05) is 6.61 Å². The molecule has 1 aliphatic rings. The molecular formula is C16H30N2O3. The summed E-state index contributed by atoms with van der Waals surface area (Å²) in [6.45, 7) is 3.99. The van der Waals surface area contributed by atoms with Gasteiger partial charge in [-0.2, -0.15) is 0 Å². The predicted molar refractivity (Wildman–Crippen MR) is 82.7 cm³/mol. The number of rotatable bonds is 7. The highest BCUT2D eigenvalue weighted by Gasteiger charge is 2.24. The van der Waals surface area contributed by atoms with Gasteiger partial charge in [0, 0.05) is 37.5 Å². The first-order valence-electron chi connectivity index (χ1n) is 8.22. The molecule has 0 aromatic rings. The summed E-state index contributed by atoms with van der Waals surface area (Å²) in [4.78, 5) is 23.5. The van der Waals surface area contributed by atoms with Gasteiger partial charge >= 0.3 is 0 Å². The third-order valence-electron chi connectivity index (χ3n) is 4.00. The molecule has 3 N–H and O–H groups in total. The van der Waals surface area contributed by atoms with Crippen molar-refractivity contribution >= 4 is 11.8 Å². The van der Waals surface area contributed by atoms with Crippen molar-refractivity contribution in [2.24, 2.45) is 5.92 Å². The summed E-state index contributed by atoms with van der Waals surface area (Å²) in [5.41, 5.74) is 0. The van der Waals surface area contributed by atoms with E-state index >= 15 is 0 Å². The van der Waals surface area contributed by atoms with Gasteiger partial charge in [-0.05, 0) is 33.1 Å². The van der Waals surface area contributed by atoms with E-state index in [1.807, 2.05) is 13.8 Å². The van der Waals surface area contributed by atoms with Gasteiger partial charge in [0.15, 0.2) is 0 Å². The van der Waals surface area contributed by atoms with Gasteiger partial charge in [-0.3, -0.25) is 9.59 Å². The molecule has 21 heavy (non-hydrogen) atoms. The molecular weight excluding hydrogens is 268 g/mol. The van der Waals surface area contributed by atoms with E-state index in [1.54, 1.807) is 0 Å². The van der Waals surface area contributed by atoms with Crippen molar-refractivity contribution in [3.05, 3.63) is 0 Å². The smallest absolute Gasteiger partial charge is 0.220 e. The number of carbonyl (C=O) groups excluding carboxylic acids is 2. The largest absolute Gasteiger partial charge is 0.396 e. The van der Waals surface area contributed by atoms with Crippen molar-refractivity contribution in [1.29, 1.82) is 0 Å². The molecule has 1 fully saturated rings. The summed E-state index contributed by atoms with van der Waals surface area (Å²) in [6, 6.07) is 0.233. The molecule has 0 radical (unpaired) electrons. The highest BCUT2D eigenvalue weighted by Crippen LogP contribution is 2.23. The van der Waals surface area contributed by atoms with Gasteiger partial charge in [-0.25, -0.2) is 0 Å². The first-order valence-corrected chi connectivity index (χ1v) is 8.22. The molecule has 0 spiro atoms. The lowest BCUT2D eigenvalue weighted by Crippen LogP contribution is -2.41. The Morgan fingerprint density at radius 3 is 2.43 bits per heavy atom. The normalized spacial score (nSPS) is 22.7. The summed E-state index contributed by atoms with van der Waals surface area (Å²) in [6.07, 6.45) is 6.69. The summed E-state index contributed by atoms with van der Waals surface area (Å²) < 4.78 is 0. The molecule has 2 unspecified atom stereocenters. The van der Waals surface area contributed by atoms with Gasteiger partial charge in [0.05, 0.1) is 0 Å². The molecule has 0 aliphatic heterocycles. The molecule has 2 amide bonds. The number of amides is 2. The van der Waals surface area contributed by atoms with E-state index in [4.69, 9.17) is 0 Å². The molecule has 5 nitrogen and oxygen atoms in total. The van der Waals surface area contributed by atoms with Crippen molar-refractivity contribution in [3.63, 3.8) is 0 Å². The van der Waals surface area contributed by atoms with Crippen LogP contribution in [-0.2, 0) is 9.59 Å². The number of aliphatic hydroxyl groups excluding tert-OH is 1. The van der Waals surface area contributed by atoms with Crippen molar-refractivity contribution in [1.82, 2.24) is 10.6 Å². The fourth-order valence-electron chi connectivity index (χ4n) is 2.88. The molecule has 1 rings (SSSR count). The quantitative estimate of drug-likeness (QED) is 0.626. The minimum Gasteiger partial charge on any atom is -0.396 e. The van der Waals surface area contributed by atoms with Gasteiger partial charge in [-0.15, -0.1) is 0 Å². The summed E-state index contributed by atoms with van der Waals surface area (Å²) in [5.74, 6) is 0.180. The van der Waals surface area contributed by atoms with E-state index in [9.17, 15) is 14.7 Å². The minimum atomic E-state index is -0.00213. The first kappa shape index (κ1) is 18.0. The van der Waals surface area contributed by atoms with Crippen LogP contribution in [-0.4, -0.2) is 35.6 Å². The first-order chi connectivity index (χ1) is 10.0. The lowest BCUT2D eigenvalue weighted by Gasteiger charge is -2.24. The van der Waals surface area contributed by atoms with E-state index in [1.165, 1.54) is 6.42 Å². The average molecular weight is 298 g/mol. The molecule has 0 aromatic heterocycles. The summed E-state index contributed by atoms with van der Waals surface area (Å²) in [7, 11) is 0. The maximum Gasteiger partial charge on any atom is 0.220 e. The van der Waals surface area contributed by atoms with Gasteiger partial charge in [0.25, 0.3) is 0 Å². The third-order valence-corrected chi connectivity index (χ3v) is 4.00. The Morgan fingerprint density at radius 1 is 1.10 bits per heavy atom. The second-order valence-corrected chi connectivity index (χ2v) is 6.33. The fourth-order valence-corrected chi connectivity index (χ4v) is 2.88. The molecule has 1 aliphatic carbocycles. The number of hydrogen-bond donors (Lipinski definition) is 3. The van der Waals surface area contributed by atoms with Gasteiger partial charge in [-0.1, -0.05) is 19.3 Å². The van der Waals surface area contributed by atoms with Gasteiger partial charge < -0.3 is 15.7 Å². The molecule has 1 saturated carbocycles. The van der Waals surface area contributed by atoms with Crippen molar-refractivity contribution < 1.29 is 14.7 Å². The second-order valence-electron chi connectivity index (χ2n) is 6.33. The minimum absolute atomic E-state index is 0.000464. The summed E-state index contributed by atoms with van der Waals surface area (Å²) in [5, 5.41) is 15.3. The number of aliphatic hydroxyl groups is 1. The van der Waals surface area contributed by atoms with Crippen LogP contribution in [0.3, 0.4) is 0 Å². The number of carbonyl (C=O) groups is 2. The van der Waals surface area contributed by atoms with Crippen LogP contribution in [0.4, 0.5) is 0 Å². The van der Waals surface area contributed by atoms with Crippen molar-refractivity contribution in [2.45, 2.75) is 77.3 Å². The SMILES string of the molecule is CC(C)NC(=O)CCCC(=O)NC1CCCCCC1CO. The van der Waals surface area contributed by atoms with Gasteiger partial charge in [0.1, 0.15) is 0 Å². The van der Waals surface area contributed by atoms with Crippen LogP contribution in [0.25, 0.3) is 0 Å². The zero-order valence-corrected chi connectivity index (χ0v) is 13.4. The Hall–Kier alpha value is -1.10. The van der Waals surface area contributed by atoms with Crippen LogP contribution in [0.1, 0.15) is 65.2 Å². The van der Waals surface area contributed by atoms with E-state index in [2.05, 4.69) is 10.6 Å². The third kappa shape index (κ3) is 7.46. The molecule has 0 aromatic carbocycles. The molecule has 0 bridgehead atoms. The molecule has 2 atom stereocenters. The predicted octanol–water partition coefficient (Wildman–Crippen LogP) is 1.74. The molecule has 122 valence electrons. The Kier molecular flexibility index (Phi) is 8.35. The fraction of sp³-hybridized carbons (Fsp3) is 0.875. The molecule has 0 heterocycles. The van der Waals surface area contributed by atoms with E-state index in [-0.39, 0.29) is 36.4 Å². The Balaban J connectivity index is 2.27. The molecule has 5 heteroatoms. The van der Waals surface area contributed by atoms with Crippen molar-refractivity contribution in [3.8, 4) is 0 Å². The Labute approximate surface area is 127 Å². The topological polar surface area (TPSA) is 78.4 Å². The van der Waals surface area contributed by atoms with E-state index < -0.39 is 0 Å². The van der Waals surface area contributed by atoms with E-state index in [0.29, 0.717) is 19.3 Å². The standard InChI is InChI=1S/C16H30N2O3/c1-12(2)17-15(20)9-6-10-16(21)18-14-8-5-3-4-7-13(14)11-19/h12-14,19H,3-11H2,1-2H3,(H,17,20)(H,18,21). The maximum atomic E-state index is 12.0. The highest BCUT2D eigenvalue weighted by molar-refractivity contribution is 5.79. The Bertz CT molecular complexity index is 331. The maximum absolute atomic E-state index is 12.0. The zero-order chi connectivity index (χ0) is 15.7. The molecule has 0 saturated heterocycles.